The summed E-state index contributed by atoms with van der Waals surface area (Å²) < 4.78 is 14.8. The molecule has 0 radical (unpaired) electrons. The first-order valence-electron chi connectivity index (χ1n) is 11.5. The fourth-order valence-corrected chi connectivity index (χ4v) is 4.11. The van der Waals surface area contributed by atoms with E-state index in [1.54, 1.807) is 12.3 Å². The molecule has 0 saturated heterocycles. The van der Waals surface area contributed by atoms with Crippen LogP contribution in [0.4, 0.5) is 26.5 Å². The molecule has 0 spiro atoms. The van der Waals surface area contributed by atoms with E-state index >= 15 is 0 Å². The van der Waals surface area contributed by atoms with Gasteiger partial charge in [-0.15, -0.1) is 0 Å². The van der Waals surface area contributed by atoms with Crippen LogP contribution in [0.1, 0.15) is 46.6 Å². The maximum Gasteiger partial charge on any atom is 0.408 e. The third-order valence-electron chi connectivity index (χ3n) is 5.50. The fraction of sp³-hybridized carbons (Fsp3) is 0.385. The number of carbonyl (C=O) groups is 1. The van der Waals surface area contributed by atoms with Gasteiger partial charge in [0.15, 0.2) is 17.5 Å². The first kappa shape index (κ1) is 25.7. The van der Waals surface area contributed by atoms with Crippen molar-refractivity contribution >= 4 is 34.3 Å². The molecule has 1 aromatic carbocycles. The number of carboxylic acid groups (broad SMARTS) is 1. The lowest BCUT2D eigenvalue weighted by atomic mass is 9.97. The molecule has 1 atom stereocenters. The quantitative estimate of drug-likeness (QED) is 0.364. The predicted octanol–water partition coefficient (Wildman–Crippen LogP) is 5.99. The lowest BCUT2D eigenvalue weighted by Gasteiger charge is -2.40. The second kappa shape index (κ2) is 10.6. The summed E-state index contributed by atoms with van der Waals surface area (Å²) in [6.45, 7) is 9.68. The van der Waals surface area contributed by atoms with Crippen LogP contribution in [0.15, 0.2) is 42.6 Å². The topological polar surface area (TPSA) is 114 Å². The SMILES string of the molecule is CC(C)C[C@@H](CNc1nc(Nc2ccc3ncccc3c2)c(C#N)cc1F)N(C(=O)O)C(C)(C)C. The largest absolute Gasteiger partial charge is 0.465 e. The molecule has 3 rings (SSSR count). The zero-order valence-corrected chi connectivity index (χ0v) is 20.6. The number of nitriles is 1. The number of amides is 1. The van der Waals surface area contributed by atoms with Gasteiger partial charge < -0.3 is 15.7 Å². The van der Waals surface area contributed by atoms with Gasteiger partial charge in [-0.3, -0.25) is 9.88 Å². The molecule has 184 valence electrons. The van der Waals surface area contributed by atoms with Crippen molar-refractivity contribution in [3.8, 4) is 6.07 Å². The van der Waals surface area contributed by atoms with Crippen molar-refractivity contribution in [2.75, 3.05) is 17.2 Å². The van der Waals surface area contributed by atoms with E-state index in [2.05, 4.69) is 20.6 Å². The number of benzene rings is 1. The van der Waals surface area contributed by atoms with Crippen LogP contribution >= 0.6 is 0 Å². The average molecular weight is 479 g/mol. The molecular weight excluding hydrogens is 447 g/mol. The molecule has 0 aliphatic carbocycles. The number of pyridine rings is 2. The molecule has 1 amide bonds. The molecule has 0 saturated carbocycles. The van der Waals surface area contributed by atoms with Gasteiger partial charge in [0.25, 0.3) is 0 Å². The molecular formula is C26H31FN6O2. The minimum Gasteiger partial charge on any atom is -0.465 e. The van der Waals surface area contributed by atoms with Crippen LogP contribution in [0, 0.1) is 23.1 Å². The Morgan fingerprint density at radius 2 is 1.97 bits per heavy atom. The van der Waals surface area contributed by atoms with Gasteiger partial charge in [-0.1, -0.05) is 19.9 Å². The number of hydrogen-bond acceptors (Lipinski definition) is 6. The molecule has 35 heavy (non-hydrogen) atoms. The number of fused-ring (bicyclic) bond motifs is 1. The van der Waals surface area contributed by atoms with E-state index < -0.39 is 23.5 Å². The highest BCUT2D eigenvalue weighted by Gasteiger charge is 2.33. The maximum atomic E-state index is 14.8. The lowest BCUT2D eigenvalue weighted by molar-refractivity contribution is 0.0670. The van der Waals surface area contributed by atoms with E-state index in [0.717, 1.165) is 17.0 Å². The lowest BCUT2D eigenvalue weighted by Crippen LogP contribution is -2.54. The maximum absolute atomic E-state index is 14.8. The van der Waals surface area contributed by atoms with E-state index in [-0.39, 0.29) is 29.7 Å². The first-order valence-corrected chi connectivity index (χ1v) is 11.5. The van der Waals surface area contributed by atoms with Crippen LogP contribution in [0.25, 0.3) is 10.9 Å². The Labute approximate surface area is 204 Å². The molecule has 0 bridgehead atoms. The summed E-state index contributed by atoms with van der Waals surface area (Å²) in [4.78, 5) is 22.1. The van der Waals surface area contributed by atoms with Gasteiger partial charge in [0.1, 0.15) is 6.07 Å². The number of nitrogens with zero attached hydrogens (tertiary/aromatic N) is 4. The number of rotatable bonds is 8. The summed E-state index contributed by atoms with van der Waals surface area (Å²) in [5.41, 5.74) is 0.918. The van der Waals surface area contributed by atoms with E-state index in [9.17, 15) is 19.6 Å². The standard InChI is InChI=1S/C26H31FN6O2/c1-16(2)11-20(33(25(34)35)26(3,4)5)15-30-24-21(27)13-18(14-28)23(32-24)31-19-8-9-22-17(12-19)7-6-10-29-22/h6-10,12-13,16,20H,11,15H2,1-5H3,(H,34,35)(H2,30,31,32)/t20-/m0/s1. The number of aromatic nitrogens is 2. The molecule has 8 nitrogen and oxygen atoms in total. The zero-order valence-electron chi connectivity index (χ0n) is 20.6. The highest BCUT2D eigenvalue weighted by molar-refractivity contribution is 5.83. The van der Waals surface area contributed by atoms with Crippen LogP contribution in [0.3, 0.4) is 0 Å². The van der Waals surface area contributed by atoms with Gasteiger partial charge in [0.05, 0.1) is 17.1 Å². The summed E-state index contributed by atoms with van der Waals surface area (Å²) in [5.74, 6) is -0.312. The average Bonchev–Trinajstić information content (AvgIpc) is 2.77. The van der Waals surface area contributed by atoms with Crippen LogP contribution < -0.4 is 10.6 Å². The normalized spacial score (nSPS) is 12.3. The summed E-state index contributed by atoms with van der Waals surface area (Å²) in [6, 6.07) is 12.0. The summed E-state index contributed by atoms with van der Waals surface area (Å²) in [6.07, 6.45) is 1.26. The number of anilines is 3. The van der Waals surface area contributed by atoms with Gasteiger partial charge in [0, 0.05) is 29.4 Å². The van der Waals surface area contributed by atoms with Crippen LogP contribution in [-0.2, 0) is 0 Å². The van der Waals surface area contributed by atoms with Crippen molar-refractivity contribution in [1.82, 2.24) is 14.9 Å². The van der Waals surface area contributed by atoms with E-state index in [1.165, 1.54) is 4.90 Å². The van der Waals surface area contributed by atoms with Crippen LogP contribution in [0.5, 0.6) is 0 Å². The van der Waals surface area contributed by atoms with Crippen molar-refractivity contribution in [2.45, 2.75) is 52.6 Å². The second-order valence-corrected chi connectivity index (χ2v) is 9.85. The Balaban J connectivity index is 1.89. The van der Waals surface area contributed by atoms with Gasteiger partial charge in [0.2, 0.25) is 0 Å². The molecule has 0 aliphatic rings. The molecule has 9 heteroatoms. The zero-order chi connectivity index (χ0) is 25.8. The van der Waals surface area contributed by atoms with Gasteiger partial charge >= 0.3 is 6.09 Å². The first-order chi connectivity index (χ1) is 16.5. The highest BCUT2D eigenvalue weighted by Crippen LogP contribution is 2.27. The van der Waals surface area contributed by atoms with E-state index in [0.29, 0.717) is 12.1 Å². The number of nitrogens with one attached hydrogen (secondary N) is 2. The summed E-state index contributed by atoms with van der Waals surface area (Å²) in [5, 5.41) is 26.4. The van der Waals surface area contributed by atoms with Crippen molar-refractivity contribution in [2.24, 2.45) is 5.92 Å². The van der Waals surface area contributed by atoms with Gasteiger partial charge in [-0.2, -0.15) is 5.26 Å². The molecule has 0 unspecified atom stereocenters. The Kier molecular flexibility index (Phi) is 7.75. The Morgan fingerprint density at radius 1 is 1.23 bits per heavy atom. The fourth-order valence-electron chi connectivity index (χ4n) is 4.11. The Bertz CT molecular complexity index is 1250. The molecule has 3 aromatic rings. The van der Waals surface area contributed by atoms with Crippen LogP contribution in [-0.4, -0.2) is 44.2 Å². The van der Waals surface area contributed by atoms with Crippen molar-refractivity contribution in [1.29, 1.82) is 5.26 Å². The molecule has 0 fully saturated rings. The molecule has 2 aromatic heterocycles. The minimum absolute atomic E-state index is 0.0537. The van der Waals surface area contributed by atoms with Crippen LogP contribution in [0.2, 0.25) is 0 Å². The number of hydrogen-bond donors (Lipinski definition) is 3. The third kappa shape index (κ3) is 6.35. The van der Waals surface area contributed by atoms with Crippen molar-refractivity contribution < 1.29 is 14.3 Å². The van der Waals surface area contributed by atoms with E-state index in [4.69, 9.17) is 0 Å². The second-order valence-electron chi connectivity index (χ2n) is 9.85. The molecule has 0 aliphatic heterocycles. The predicted molar refractivity (Wildman–Crippen MR) is 135 cm³/mol. The minimum atomic E-state index is -1.04. The third-order valence-corrected chi connectivity index (χ3v) is 5.50. The molecule has 2 heterocycles. The van der Waals surface area contributed by atoms with Crippen molar-refractivity contribution in [3.05, 3.63) is 54.0 Å². The van der Waals surface area contributed by atoms with Gasteiger partial charge in [-0.05, 0) is 63.4 Å². The molecule has 3 N–H and O–H groups in total. The Hall–Kier alpha value is -3.93. The monoisotopic (exact) mass is 478 g/mol. The Morgan fingerprint density at radius 3 is 2.60 bits per heavy atom. The summed E-state index contributed by atoms with van der Waals surface area (Å²) >= 11 is 0. The number of halogens is 1. The smallest absolute Gasteiger partial charge is 0.408 e. The van der Waals surface area contributed by atoms with Gasteiger partial charge in [-0.25, -0.2) is 14.2 Å². The summed E-state index contributed by atoms with van der Waals surface area (Å²) in [7, 11) is 0. The van der Waals surface area contributed by atoms with Crippen molar-refractivity contribution in [3.63, 3.8) is 0 Å². The highest BCUT2D eigenvalue weighted by atomic mass is 19.1. The van der Waals surface area contributed by atoms with E-state index in [1.807, 2.05) is 65.0 Å².